The number of hydrogen-bond donors (Lipinski definition) is 0. The van der Waals surface area contributed by atoms with Crippen LogP contribution in [0.25, 0.3) is 0 Å². The van der Waals surface area contributed by atoms with E-state index in [4.69, 9.17) is 0 Å². The Bertz CT molecular complexity index is 281. The second-order valence-electron chi connectivity index (χ2n) is 4.40. The Labute approximate surface area is 114 Å². The molecule has 0 heterocycles. The van der Waals surface area contributed by atoms with Gasteiger partial charge in [-0.15, -0.1) is 0 Å². The van der Waals surface area contributed by atoms with Gasteiger partial charge in [-0.25, -0.2) is 0 Å². The van der Waals surface area contributed by atoms with E-state index in [9.17, 15) is 0 Å². The standard InChI is InChI=1S/C8H12.C8H11.Co/c2*1-2-4-6-8-7-5-3-1;/h1-4H,5-8H2;1-3H,4,6-8H2;. The third kappa shape index (κ3) is 9.19. The predicted octanol–water partition coefficient (Wildman–Crippen LogP) is 5.22. The molecule has 0 aromatic carbocycles. The van der Waals surface area contributed by atoms with Gasteiger partial charge in [0.25, 0.3) is 0 Å². The molecule has 17 heavy (non-hydrogen) atoms. The summed E-state index contributed by atoms with van der Waals surface area (Å²) in [5.41, 5.74) is 0. The molecule has 0 aliphatic heterocycles. The average molecular weight is 274 g/mol. The van der Waals surface area contributed by atoms with Crippen molar-refractivity contribution in [2.45, 2.75) is 51.4 Å². The molecule has 2 aliphatic carbocycles. The van der Waals surface area contributed by atoms with Crippen LogP contribution in [0.3, 0.4) is 0 Å². The van der Waals surface area contributed by atoms with E-state index >= 15 is 0 Å². The molecule has 1 heteroatoms. The van der Waals surface area contributed by atoms with Gasteiger partial charge in [0.1, 0.15) is 0 Å². The molecule has 0 aromatic heterocycles. The van der Waals surface area contributed by atoms with Crippen molar-refractivity contribution in [3.05, 3.63) is 47.0 Å². The summed E-state index contributed by atoms with van der Waals surface area (Å²) in [5.74, 6) is 0. The van der Waals surface area contributed by atoms with Crippen molar-refractivity contribution in [1.29, 1.82) is 0 Å². The Morgan fingerprint density at radius 1 is 0.706 bits per heavy atom. The topological polar surface area (TPSA) is 0 Å². The second kappa shape index (κ2) is 10.6. The third-order valence-electron chi connectivity index (χ3n) is 2.81. The summed E-state index contributed by atoms with van der Waals surface area (Å²) in [4.78, 5) is 0. The van der Waals surface area contributed by atoms with Crippen LogP contribution in [0.2, 0.25) is 0 Å². The number of allylic oxidation sites excluding steroid dienone is 8. The van der Waals surface area contributed by atoms with Gasteiger partial charge in [0, 0.05) is 0 Å². The van der Waals surface area contributed by atoms with E-state index in [1.165, 1.54) is 49.5 Å². The molecule has 2 aliphatic rings. The van der Waals surface area contributed by atoms with Gasteiger partial charge in [0.15, 0.2) is 0 Å². The van der Waals surface area contributed by atoms with E-state index in [-0.39, 0.29) is 0 Å². The maximum absolute atomic E-state index is 4.34. The van der Waals surface area contributed by atoms with Crippen molar-refractivity contribution >= 4 is 0 Å². The Hall–Kier alpha value is -0.534. The quantitative estimate of drug-likeness (QED) is 0.568. The number of hydrogen-bond acceptors (Lipinski definition) is 0. The third-order valence-corrected chi connectivity index (χ3v) is 3.24. The van der Waals surface area contributed by atoms with Crippen molar-refractivity contribution in [3.63, 3.8) is 0 Å². The van der Waals surface area contributed by atoms with Gasteiger partial charge in [-0.2, -0.15) is 0 Å². The monoisotopic (exact) mass is 274 g/mol. The zero-order valence-electron chi connectivity index (χ0n) is 10.5. The van der Waals surface area contributed by atoms with Gasteiger partial charge in [-0.05, 0) is 25.7 Å². The molecular weight excluding hydrogens is 251 g/mol. The predicted molar refractivity (Wildman–Crippen MR) is 72.4 cm³/mol. The van der Waals surface area contributed by atoms with Crippen LogP contribution in [0.5, 0.6) is 0 Å². The van der Waals surface area contributed by atoms with Crippen LogP contribution >= 0.6 is 0 Å². The normalized spacial score (nSPS) is 20.2. The van der Waals surface area contributed by atoms with Crippen LogP contribution < -0.4 is 0 Å². The van der Waals surface area contributed by atoms with E-state index in [0.717, 1.165) is 6.42 Å². The molecule has 0 nitrogen and oxygen atoms in total. The van der Waals surface area contributed by atoms with Gasteiger partial charge >= 0.3 is 64.2 Å². The molecular formula is C16H23Co. The molecule has 0 aromatic rings. The van der Waals surface area contributed by atoms with Crippen molar-refractivity contribution < 1.29 is 15.7 Å². The molecule has 0 N–H and O–H groups in total. The van der Waals surface area contributed by atoms with E-state index in [0.29, 0.717) is 0 Å². The fraction of sp³-hybridized carbons (Fsp3) is 0.500. The molecule has 0 unspecified atom stereocenters. The van der Waals surface area contributed by atoms with Gasteiger partial charge in [0.2, 0.25) is 0 Å². The van der Waals surface area contributed by atoms with E-state index < -0.39 is 0 Å². The average Bonchev–Trinajstić information content (AvgIpc) is 2.23. The molecule has 0 fully saturated rings. The summed E-state index contributed by atoms with van der Waals surface area (Å²) in [6.07, 6.45) is 25.4. The van der Waals surface area contributed by atoms with Crippen molar-refractivity contribution in [3.8, 4) is 0 Å². The molecule has 0 saturated heterocycles. The van der Waals surface area contributed by atoms with Crippen molar-refractivity contribution in [2.24, 2.45) is 0 Å². The van der Waals surface area contributed by atoms with Gasteiger partial charge in [-0.3, -0.25) is 0 Å². The first kappa shape index (κ1) is 14.5. The van der Waals surface area contributed by atoms with Crippen LogP contribution in [0.1, 0.15) is 51.4 Å². The fourth-order valence-corrected chi connectivity index (χ4v) is 2.05. The van der Waals surface area contributed by atoms with E-state index in [1.807, 2.05) is 0 Å². The van der Waals surface area contributed by atoms with Crippen molar-refractivity contribution in [1.82, 2.24) is 0 Å². The Kier molecular flexibility index (Phi) is 9.07. The molecule has 0 amide bonds. The molecule has 0 atom stereocenters. The Morgan fingerprint density at radius 3 is 1.88 bits per heavy atom. The van der Waals surface area contributed by atoms with Crippen LogP contribution in [0.4, 0.5) is 0 Å². The van der Waals surface area contributed by atoms with Crippen LogP contribution in [0.15, 0.2) is 47.0 Å². The SMILES string of the molecule is C1=CCCCCC=C1.[Co][C]1=CC=CCCCC1. The van der Waals surface area contributed by atoms with Crippen LogP contribution in [-0.4, -0.2) is 0 Å². The zero-order chi connectivity index (χ0) is 12.2. The van der Waals surface area contributed by atoms with E-state index in [1.54, 1.807) is 0 Å². The summed E-state index contributed by atoms with van der Waals surface area (Å²) in [7, 11) is 0. The van der Waals surface area contributed by atoms with Crippen molar-refractivity contribution in [2.75, 3.05) is 0 Å². The number of rotatable bonds is 0. The van der Waals surface area contributed by atoms with Gasteiger partial charge in [-0.1, -0.05) is 24.3 Å². The van der Waals surface area contributed by atoms with Gasteiger partial charge in [0.05, 0.1) is 0 Å². The molecule has 0 spiro atoms. The maximum atomic E-state index is 4.34. The first-order valence-electron chi connectivity index (χ1n) is 6.70. The Balaban J connectivity index is 0.000000171. The summed E-state index contributed by atoms with van der Waals surface area (Å²) in [6.45, 7) is 0. The second-order valence-corrected chi connectivity index (χ2v) is 5.07. The molecule has 0 radical (unpaired) electrons. The summed E-state index contributed by atoms with van der Waals surface area (Å²) < 4.78 is 1.21. The molecule has 0 bridgehead atoms. The first-order chi connectivity index (χ1) is 8.39. The van der Waals surface area contributed by atoms with Gasteiger partial charge < -0.3 is 0 Å². The summed E-state index contributed by atoms with van der Waals surface area (Å²) >= 11 is 4.34. The van der Waals surface area contributed by atoms with Crippen LogP contribution in [-0.2, 0) is 15.7 Å². The van der Waals surface area contributed by atoms with E-state index in [2.05, 4.69) is 58.3 Å². The van der Waals surface area contributed by atoms with Crippen LogP contribution in [0, 0.1) is 0 Å². The molecule has 2 rings (SSSR count). The zero-order valence-corrected chi connectivity index (χ0v) is 11.6. The minimum atomic E-state index is 1.16. The Morgan fingerprint density at radius 2 is 1.24 bits per heavy atom. The molecule has 0 saturated carbocycles. The first-order valence-corrected chi connectivity index (χ1v) is 7.22. The summed E-state index contributed by atoms with van der Waals surface area (Å²) in [6, 6.07) is 0. The fourth-order valence-electron chi connectivity index (χ4n) is 1.77. The minimum absolute atomic E-state index is 1.16. The molecule has 96 valence electrons. The summed E-state index contributed by atoms with van der Waals surface area (Å²) in [5, 5.41) is 0.